The van der Waals surface area contributed by atoms with Crippen molar-refractivity contribution >= 4 is 33.5 Å². The van der Waals surface area contributed by atoms with Crippen LogP contribution in [0.25, 0.3) is 21.5 Å². The lowest BCUT2D eigenvalue weighted by Gasteiger charge is -2.23. The smallest absolute Gasteiger partial charge is 0.303 e. The van der Waals surface area contributed by atoms with Crippen LogP contribution in [-0.2, 0) is 35.0 Å². The molecule has 0 N–H and O–H groups in total. The van der Waals surface area contributed by atoms with Crippen molar-refractivity contribution in [2.45, 2.75) is 117 Å². The minimum atomic E-state index is -0.548. The monoisotopic (exact) mass is 666 g/mol. The van der Waals surface area contributed by atoms with Gasteiger partial charge in [0.15, 0.2) is 12.2 Å². The molecule has 0 fully saturated rings. The SMILES string of the molecule is CCCCCCCOCC(COc1c2ccccc2c(OCC(COCCCCCCC)OC(C)=O)c2cc(CC)ccc12)OC(C)=O. The Morgan fingerprint density at radius 2 is 1.02 bits per heavy atom. The van der Waals surface area contributed by atoms with E-state index in [4.69, 9.17) is 28.4 Å². The first-order valence-electron chi connectivity index (χ1n) is 18.1. The van der Waals surface area contributed by atoms with Crippen LogP contribution in [-0.4, -0.2) is 63.8 Å². The highest BCUT2D eigenvalue weighted by Gasteiger charge is 2.21. The molecule has 2 atom stereocenters. The van der Waals surface area contributed by atoms with E-state index < -0.39 is 12.2 Å². The zero-order valence-corrected chi connectivity index (χ0v) is 30.0. The molecule has 0 amide bonds. The molecule has 0 heterocycles. The zero-order valence-electron chi connectivity index (χ0n) is 30.0. The third-order valence-corrected chi connectivity index (χ3v) is 8.28. The van der Waals surface area contributed by atoms with E-state index in [-0.39, 0.29) is 38.4 Å². The van der Waals surface area contributed by atoms with Gasteiger partial charge in [-0.1, -0.05) is 109 Å². The molecule has 0 saturated heterocycles. The Balaban J connectivity index is 1.82. The van der Waals surface area contributed by atoms with Crippen molar-refractivity contribution in [2.24, 2.45) is 0 Å². The molecule has 3 aromatic rings. The summed E-state index contributed by atoms with van der Waals surface area (Å²) >= 11 is 0. The van der Waals surface area contributed by atoms with Gasteiger partial charge in [-0.25, -0.2) is 0 Å². The van der Waals surface area contributed by atoms with Gasteiger partial charge in [0.05, 0.1) is 13.2 Å². The number of fused-ring (bicyclic) bond motifs is 2. The molecule has 0 saturated carbocycles. The van der Waals surface area contributed by atoms with Crippen molar-refractivity contribution in [2.75, 3.05) is 39.6 Å². The minimum absolute atomic E-state index is 0.147. The van der Waals surface area contributed by atoms with Crippen molar-refractivity contribution in [3.63, 3.8) is 0 Å². The molecule has 0 aliphatic rings. The second-order valence-electron chi connectivity index (χ2n) is 12.5. The summed E-state index contributed by atoms with van der Waals surface area (Å²) in [7, 11) is 0. The third kappa shape index (κ3) is 13.3. The number of hydrogen-bond acceptors (Lipinski definition) is 8. The van der Waals surface area contributed by atoms with Crippen LogP contribution in [0.2, 0.25) is 0 Å². The second kappa shape index (κ2) is 22.3. The molecule has 0 spiro atoms. The maximum Gasteiger partial charge on any atom is 0.303 e. The second-order valence-corrected chi connectivity index (χ2v) is 12.5. The molecule has 3 rings (SSSR count). The topological polar surface area (TPSA) is 89.5 Å². The first-order valence-corrected chi connectivity index (χ1v) is 18.1. The number of carbonyl (C=O) groups excluding carboxylic acids is 2. The Morgan fingerprint density at radius 3 is 1.48 bits per heavy atom. The van der Waals surface area contributed by atoms with Gasteiger partial charge in [0, 0.05) is 48.6 Å². The van der Waals surface area contributed by atoms with E-state index in [0.717, 1.165) is 59.2 Å². The lowest BCUT2D eigenvalue weighted by atomic mass is 9.98. The van der Waals surface area contributed by atoms with E-state index >= 15 is 0 Å². The molecule has 0 radical (unpaired) electrons. The predicted octanol–water partition coefficient (Wildman–Crippen LogP) is 9.15. The number of hydrogen-bond donors (Lipinski definition) is 0. The fourth-order valence-corrected chi connectivity index (χ4v) is 5.78. The van der Waals surface area contributed by atoms with Crippen molar-refractivity contribution in [3.05, 3.63) is 48.0 Å². The Hall–Kier alpha value is -3.36. The summed E-state index contributed by atoms with van der Waals surface area (Å²) in [5, 5.41) is 3.52. The van der Waals surface area contributed by atoms with Gasteiger partial charge in [-0.3, -0.25) is 9.59 Å². The maximum absolute atomic E-state index is 12.0. The Bertz CT molecular complexity index is 1390. The summed E-state index contributed by atoms with van der Waals surface area (Å²) in [4.78, 5) is 23.9. The van der Waals surface area contributed by atoms with Crippen LogP contribution in [0.4, 0.5) is 0 Å². The minimum Gasteiger partial charge on any atom is -0.488 e. The van der Waals surface area contributed by atoms with Crippen LogP contribution in [0.3, 0.4) is 0 Å². The van der Waals surface area contributed by atoms with E-state index in [1.807, 2.05) is 24.3 Å². The van der Waals surface area contributed by atoms with Crippen LogP contribution in [0.15, 0.2) is 42.5 Å². The summed E-state index contributed by atoms with van der Waals surface area (Å²) in [6.07, 6.45) is 11.2. The van der Waals surface area contributed by atoms with Gasteiger partial charge in [0.25, 0.3) is 0 Å². The van der Waals surface area contributed by atoms with Gasteiger partial charge in [-0.15, -0.1) is 0 Å². The number of benzene rings is 3. The highest BCUT2D eigenvalue weighted by atomic mass is 16.6. The molecule has 8 heteroatoms. The summed E-state index contributed by atoms with van der Waals surface area (Å²) < 4.78 is 36.1. The molecule has 48 heavy (non-hydrogen) atoms. The van der Waals surface area contributed by atoms with Gasteiger partial charge in [0.2, 0.25) is 0 Å². The standard InChI is InChI=1S/C40H58O8/c1-6-9-11-13-17-23-43-26-33(47-30(4)41)28-45-39-35-19-15-16-20-36(35)40(38-25-32(8-3)21-22-37(38)39)46-29-34(48-31(5)42)27-44-24-18-14-12-10-7-2/h15-16,19-22,25,33-34H,6-14,17-18,23-24,26-29H2,1-5H3. The number of rotatable bonds is 25. The lowest BCUT2D eigenvalue weighted by molar-refractivity contribution is -0.152. The van der Waals surface area contributed by atoms with Crippen LogP contribution < -0.4 is 9.47 Å². The molecular weight excluding hydrogens is 608 g/mol. The molecule has 8 nitrogen and oxygen atoms in total. The van der Waals surface area contributed by atoms with Gasteiger partial charge in [0.1, 0.15) is 24.7 Å². The Labute approximate surface area is 287 Å². The van der Waals surface area contributed by atoms with Crippen molar-refractivity contribution in [1.82, 2.24) is 0 Å². The number of aryl methyl sites for hydroxylation is 1. The van der Waals surface area contributed by atoms with E-state index in [1.54, 1.807) is 0 Å². The molecule has 0 aromatic heterocycles. The number of esters is 2. The van der Waals surface area contributed by atoms with E-state index in [0.29, 0.717) is 24.7 Å². The summed E-state index contributed by atoms with van der Waals surface area (Å²) in [5.41, 5.74) is 1.15. The van der Waals surface area contributed by atoms with Crippen LogP contribution in [0.1, 0.15) is 104 Å². The number of carbonyl (C=O) groups is 2. The molecule has 3 aromatic carbocycles. The number of ether oxygens (including phenoxy) is 6. The lowest BCUT2D eigenvalue weighted by Crippen LogP contribution is -2.29. The first-order chi connectivity index (χ1) is 23.4. The maximum atomic E-state index is 12.0. The molecule has 0 bridgehead atoms. The number of unbranched alkanes of at least 4 members (excludes halogenated alkanes) is 8. The molecule has 266 valence electrons. The predicted molar refractivity (Wildman–Crippen MR) is 192 cm³/mol. The van der Waals surface area contributed by atoms with Crippen LogP contribution in [0.5, 0.6) is 11.5 Å². The molecule has 0 aliphatic carbocycles. The third-order valence-electron chi connectivity index (χ3n) is 8.28. The quantitative estimate of drug-likeness (QED) is 0.0503. The largest absolute Gasteiger partial charge is 0.488 e. The van der Waals surface area contributed by atoms with E-state index in [2.05, 4.69) is 39.0 Å². The van der Waals surface area contributed by atoms with Crippen LogP contribution >= 0.6 is 0 Å². The average molecular weight is 667 g/mol. The molecular formula is C40H58O8. The van der Waals surface area contributed by atoms with Crippen molar-refractivity contribution in [1.29, 1.82) is 0 Å². The van der Waals surface area contributed by atoms with Crippen molar-refractivity contribution < 1.29 is 38.0 Å². The molecule has 2 unspecified atom stereocenters. The summed E-state index contributed by atoms with van der Waals surface area (Å²) in [5.74, 6) is 0.645. The van der Waals surface area contributed by atoms with E-state index in [1.165, 1.54) is 52.4 Å². The summed E-state index contributed by atoms with van der Waals surface area (Å²) in [6.45, 7) is 11.4. The fourth-order valence-electron chi connectivity index (χ4n) is 5.78. The average Bonchev–Trinajstić information content (AvgIpc) is 3.07. The van der Waals surface area contributed by atoms with Gasteiger partial charge in [-0.05, 0) is 30.9 Å². The van der Waals surface area contributed by atoms with Crippen molar-refractivity contribution in [3.8, 4) is 11.5 Å². The van der Waals surface area contributed by atoms with Gasteiger partial charge in [-0.2, -0.15) is 0 Å². The Kier molecular flexibility index (Phi) is 18.2. The van der Waals surface area contributed by atoms with Gasteiger partial charge < -0.3 is 28.4 Å². The van der Waals surface area contributed by atoms with Gasteiger partial charge >= 0.3 is 11.9 Å². The first kappa shape index (κ1) is 39.1. The fraction of sp³-hybridized carbons (Fsp3) is 0.600. The highest BCUT2D eigenvalue weighted by Crippen LogP contribution is 2.43. The summed E-state index contributed by atoms with van der Waals surface area (Å²) in [6, 6.07) is 14.2. The molecule has 0 aliphatic heterocycles. The highest BCUT2D eigenvalue weighted by molar-refractivity contribution is 6.11. The van der Waals surface area contributed by atoms with Crippen LogP contribution in [0, 0.1) is 0 Å². The normalized spacial score (nSPS) is 12.6. The zero-order chi connectivity index (χ0) is 34.6. The van der Waals surface area contributed by atoms with E-state index in [9.17, 15) is 9.59 Å². The Morgan fingerprint density at radius 1 is 0.562 bits per heavy atom.